The molecule has 0 heterocycles. The lowest BCUT2D eigenvalue weighted by atomic mass is 9.96. The molecule has 2 atom stereocenters. The molecule has 4 nitrogen and oxygen atoms in total. The van der Waals surface area contributed by atoms with E-state index in [2.05, 4.69) is 15.6 Å². The molecule has 3 N–H and O–H groups in total. The highest BCUT2D eigenvalue weighted by atomic mass is 19.4. The highest BCUT2D eigenvalue weighted by Gasteiger charge is 2.30. The van der Waals surface area contributed by atoms with Gasteiger partial charge < -0.3 is 15.7 Å². The Balaban J connectivity index is 2.58. The van der Waals surface area contributed by atoms with Gasteiger partial charge in [0.25, 0.3) is 0 Å². The first-order valence-electron chi connectivity index (χ1n) is 8.58. The van der Waals surface area contributed by atoms with E-state index in [0.717, 1.165) is 6.07 Å². The molecule has 2 unspecified atom stereocenters. The number of aliphatic hydroxyl groups is 1. The van der Waals surface area contributed by atoms with Gasteiger partial charge in [0, 0.05) is 26.2 Å². The zero-order valence-corrected chi connectivity index (χ0v) is 15.0. The molecule has 0 aromatic heterocycles. The van der Waals surface area contributed by atoms with Crippen molar-refractivity contribution in [2.75, 3.05) is 26.2 Å². The third-order valence-electron chi connectivity index (χ3n) is 3.87. The van der Waals surface area contributed by atoms with Crippen molar-refractivity contribution in [2.45, 2.75) is 39.3 Å². The molecular weight excluding hydrogens is 331 g/mol. The number of guanidine groups is 1. The molecule has 0 spiro atoms. The molecule has 1 aromatic rings. The van der Waals surface area contributed by atoms with Crippen LogP contribution in [0.3, 0.4) is 0 Å². The maximum atomic E-state index is 12.8. The lowest BCUT2D eigenvalue weighted by Gasteiger charge is -2.17. The second-order valence-corrected chi connectivity index (χ2v) is 6.25. The van der Waals surface area contributed by atoms with E-state index in [0.29, 0.717) is 37.6 Å². The summed E-state index contributed by atoms with van der Waals surface area (Å²) in [6, 6.07) is 5.48. The molecule has 0 fully saturated rings. The standard InChI is InChI=1S/C18H28F3N3O/c1-4-22-17(24-11-13(2)12-25)23-9-8-14(3)15-6-5-7-16(10-15)18(19,20)21/h5-7,10,13-14,25H,4,8-9,11-12H2,1-3H3,(H2,22,23,24). The smallest absolute Gasteiger partial charge is 0.396 e. The van der Waals surface area contributed by atoms with Crippen LogP contribution in [0, 0.1) is 5.92 Å². The van der Waals surface area contributed by atoms with Crippen molar-refractivity contribution in [2.24, 2.45) is 10.9 Å². The van der Waals surface area contributed by atoms with Gasteiger partial charge in [0.2, 0.25) is 0 Å². The van der Waals surface area contributed by atoms with Gasteiger partial charge in [0.15, 0.2) is 5.96 Å². The number of aliphatic hydroxyl groups excluding tert-OH is 1. The fourth-order valence-electron chi connectivity index (χ4n) is 2.24. The van der Waals surface area contributed by atoms with E-state index in [1.807, 2.05) is 20.8 Å². The molecule has 0 amide bonds. The molecule has 0 aliphatic heterocycles. The van der Waals surface area contributed by atoms with Gasteiger partial charge in [-0.1, -0.05) is 32.0 Å². The van der Waals surface area contributed by atoms with Gasteiger partial charge in [0.05, 0.1) is 5.56 Å². The minimum atomic E-state index is -4.32. The van der Waals surface area contributed by atoms with Gasteiger partial charge in [-0.15, -0.1) is 0 Å². The first-order chi connectivity index (χ1) is 11.8. The highest BCUT2D eigenvalue weighted by molar-refractivity contribution is 5.79. The number of hydrogen-bond acceptors (Lipinski definition) is 2. The number of halogens is 3. The van der Waals surface area contributed by atoms with Crippen LogP contribution in [0.1, 0.15) is 44.2 Å². The largest absolute Gasteiger partial charge is 0.416 e. The number of aliphatic imine (C=N–C) groups is 1. The quantitative estimate of drug-likeness (QED) is 0.493. The fraction of sp³-hybridized carbons (Fsp3) is 0.611. The van der Waals surface area contributed by atoms with Gasteiger partial charge in [-0.25, -0.2) is 0 Å². The highest BCUT2D eigenvalue weighted by Crippen LogP contribution is 2.31. The zero-order valence-electron chi connectivity index (χ0n) is 15.0. The van der Waals surface area contributed by atoms with Crippen LogP contribution in [0.5, 0.6) is 0 Å². The molecule has 0 aliphatic rings. The molecular formula is C18H28F3N3O. The van der Waals surface area contributed by atoms with Crippen LogP contribution in [0.25, 0.3) is 0 Å². The Hall–Kier alpha value is -1.76. The summed E-state index contributed by atoms with van der Waals surface area (Å²) in [7, 11) is 0. The number of alkyl halides is 3. The molecule has 0 bridgehead atoms. The van der Waals surface area contributed by atoms with E-state index >= 15 is 0 Å². The van der Waals surface area contributed by atoms with Gasteiger partial charge in [-0.3, -0.25) is 4.99 Å². The molecule has 25 heavy (non-hydrogen) atoms. The predicted molar refractivity (Wildman–Crippen MR) is 94.7 cm³/mol. The molecule has 0 radical (unpaired) electrons. The van der Waals surface area contributed by atoms with Gasteiger partial charge in [-0.2, -0.15) is 13.2 Å². The van der Waals surface area contributed by atoms with Crippen LogP contribution in [0.4, 0.5) is 13.2 Å². The monoisotopic (exact) mass is 359 g/mol. The van der Waals surface area contributed by atoms with Crippen molar-refractivity contribution >= 4 is 5.96 Å². The van der Waals surface area contributed by atoms with Crippen molar-refractivity contribution in [3.63, 3.8) is 0 Å². The summed E-state index contributed by atoms with van der Waals surface area (Å²) in [6.07, 6.45) is -3.64. The Kier molecular flexibility index (Phi) is 8.75. The molecule has 0 saturated carbocycles. The SMILES string of the molecule is CCNC(=NCC(C)CO)NCCC(C)c1cccc(C(F)(F)F)c1. The van der Waals surface area contributed by atoms with E-state index < -0.39 is 11.7 Å². The normalized spacial score (nSPS) is 14.9. The average molecular weight is 359 g/mol. The van der Waals surface area contributed by atoms with Crippen LogP contribution >= 0.6 is 0 Å². The van der Waals surface area contributed by atoms with E-state index in [9.17, 15) is 13.2 Å². The molecule has 0 aliphatic carbocycles. The predicted octanol–water partition coefficient (Wildman–Crippen LogP) is 3.38. The van der Waals surface area contributed by atoms with Gasteiger partial charge in [0.1, 0.15) is 0 Å². The Bertz CT molecular complexity index is 547. The van der Waals surface area contributed by atoms with Gasteiger partial charge >= 0.3 is 6.18 Å². The van der Waals surface area contributed by atoms with Crippen molar-refractivity contribution in [3.8, 4) is 0 Å². The Labute approximate surface area is 147 Å². The number of nitrogens with one attached hydrogen (secondary N) is 2. The minimum absolute atomic E-state index is 0.00552. The lowest BCUT2D eigenvalue weighted by molar-refractivity contribution is -0.137. The second-order valence-electron chi connectivity index (χ2n) is 6.25. The molecule has 1 aromatic carbocycles. The zero-order chi connectivity index (χ0) is 18.9. The summed E-state index contributed by atoms with van der Waals surface area (Å²) in [5.74, 6) is 0.729. The molecule has 142 valence electrons. The topological polar surface area (TPSA) is 56.7 Å². The number of rotatable bonds is 8. The third-order valence-corrected chi connectivity index (χ3v) is 3.87. The minimum Gasteiger partial charge on any atom is -0.396 e. The van der Waals surface area contributed by atoms with Gasteiger partial charge in [-0.05, 0) is 36.8 Å². The van der Waals surface area contributed by atoms with Crippen LogP contribution < -0.4 is 10.6 Å². The van der Waals surface area contributed by atoms with E-state index in [1.54, 1.807) is 6.07 Å². The van der Waals surface area contributed by atoms with Crippen LogP contribution in [0.15, 0.2) is 29.3 Å². The first-order valence-corrected chi connectivity index (χ1v) is 8.58. The van der Waals surface area contributed by atoms with Crippen molar-refractivity contribution in [1.82, 2.24) is 10.6 Å². The second kappa shape index (κ2) is 10.3. The first kappa shape index (κ1) is 21.3. The Morgan fingerprint density at radius 1 is 1.24 bits per heavy atom. The Morgan fingerprint density at radius 2 is 1.96 bits per heavy atom. The number of nitrogens with zero attached hydrogens (tertiary/aromatic N) is 1. The average Bonchev–Trinajstić information content (AvgIpc) is 2.58. The fourth-order valence-corrected chi connectivity index (χ4v) is 2.24. The summed E-state index contributed by atoms with van der Waals surface area (Å²) < 4.78 is 38.4. The summed E-state index contributed by atoms with van der Waals surface area (Å²) in [4.78, 5) is 4.39. The number of hydrogen-bond donors (Lipinski definition) is 3. The van der Waals surface area contributed by atoms with E-state index in [1.165, 1.54) is 12.1 Å². The van der Waals surface area contributed by atoms with Crippen LogP contribution in [-0.4, -0.2) is 37.3 Å². The molecule has 1 rings (SSSR count). The molecule has 7 heteroatoms. The summed E-state index contributed by atoms with van der Waals surface area (Å²) in [5, 5.41) is 15.3. The maximum Gasteiger partial charge on any atom is 0.416 e. The van der Waals surface area contributed by atoms with Crippen LogP contribution in [0.2, 0.25) is 0 Å². The Morgan fingerprint density at radius 3 is 2.56 bits per heavy atom. The van der Waals surface area contributed by atoms with Crippen molar-refractivity contribution < 1.29 is 18.3 Å². The van der Waals surface area contributed by atoms with E-state index in [4.69, 9.17) is 5.11 Å². The maximum absolute atomic E-state index is 12.8. The summed E-state index contributed by atoms with van der Waals surface area (Å²) in [5.41, 5.74) is 0.0603. The van der Waals surface area contributed by atoms with Crippen molar-refractivity contribution in [3.05, 3.63) is 35.4 Å². The van der Waals surface area contributed by atoms with Crippen molar-refractivity contribution in [1.29, 1.82) is 0 Å². The number of benzene rings is 1. The molecule has 0 saturated heterocycles. The summed E-state index contributed by atoms with van der Waals surface area (Å²) in [6.45, 7) is 7.67. The summed E-state index contributed by atoms with van der Waals surface area (Å²) >= 11 is 0. The van der Waals surface area contributed by atoms with Crippen LogP contribution in [-0.2, 0) is 6.18 Å². The van der Waals surface area contributed by atoms with E-state index in [-0.39, 0.29) is 18.4 Å². The third kappa shape index (κ3) is 7.77. The lowest BCUT2D eigenvalue weighted by Crippen LogP contribution is -2.38.